The number of aromatic hydroxyl groups is 1. The summed E-state index contributed by atoms with van der Waals surface area (Å²) in [5.74, 6) is -2.71. The van der Waals surface area contributed by atoms with Crippen LogP contribution in [0.2, 0.25) is 0 Å². The molecule has 128 valence electrons. The molecule has 0 aliphatic rings. The highest BCUT2D eigenvalue weighted by atomic mass is 16.4. The van der Waals surface area contributed by atoms with Gasteiger partial charge in [0, 0.05) is 24.5 Å². The van der Waals surface area contributed by atoms with Gasteiger partial charge in [0.05, 0.1) is 5.56 Å². The van der Waals surface area contributed by atoms with E-state index < -0.39 is 23.0 Å². The van der Waals surface area contributed by atoms with E-state index in [0.29, 0.717) is 0 Å². The number of nitrogens with zero attached hydrogens (tertiary/aromatic N) is 1. The fourth-order valence-corrected chi connectivity index (χ4v) is 2.12. The smallest absolute Gasteiger partial charge is 0.335 e. The van der Waals surface area contributed by atoms with Crippen molar-refractivity contribution in [1.82, 2.24) is 4.98 Å². The van der Waals surface area contributed by atoms with Gasteiger partial charge in [0.25, 0.3) is 0 Å². The van der Waals surface area contributed by atoms with Gasteiger partial charge in [0.1, 0.15) is 5.75 Å². The van der Waals surface area contributed by atoms with Crippen molar-refractivity contribution in [3.05, 3.63) is 83.9 Å². The van der Waals surface area contributed by atoms with Crippen LogP contribution in [0.5, 0.6) is 11.5 Å². The molecule has 0 aliphatic carbocycles. The second-order valence-corrected chi connectivity index (χ2v) is 5.22. The Morgan fingerprint density at radius 1 is 1.00 bits per heavy atom. The molecule has 0 aliphatic heterocycles. The monoisotopic (exact) mass is 338 g/mol. The number of rotatable bonds is 4. The summed E-state index contributed by atoms with van der Waals surface area (Å²) >= 11 is 0. The molecule has 6 heteroatoms. The van der Waals surface area contributed by atoms with Gasteiger partial charge < -0.3 is 15.3 Å². The Morgan fingerprint density at radius 3 is 2.16 bits per heavy atom. The second kappa shape index (κ2) is 9.02. The van der Waals surface area contributed by atoms with Crippen molar-refractivity contribution in [3.63, 3.8) is 0 Å². The number of phenols is 1. The molecule has 3 N–H and O–H groups in total. The lowest BCUT2D eigenvalue weighted by atomic mass is 10.1. The number of nitrogens with one attached hydrogen (secondary N) is 1. The number of aromatic amines is 1. The molecule has 0 spiro atoms. The Labute approximate surface area is 145 Å². The van der Waals surface area contributed by atoms with Gasteiger partial charge in [-0.05, 0) is 48.2 Å². The van der Waals surface area contributed by atoms with E-state index in [1.165, 1.54) is 17.2 Å². The van der Waals surface area contributed by atoms with Crippen molar-refractivity contribution in [2.45, 2.75) is 12.8 Å². The van der Waals surface area contributed by atoms with Crippen LogP contribution in [0.25, 0.3) is 0 Å². The molecule has 0 bridgehead atoms. The predicted octanol–water partition coefficient (Wildman–Crippen LogP) is 1.84. The average Bonchev–Trinajstić information content (AvgIpc) is 2.64. The second-order valence-electron chi connectivity index (χ2n) is 5.22. The maximum absolute atomic E-state index is 10.8. The number of hydrogen-bond acceptors (Lipinski definition) is 4. The van der Waals surface area contributed by atoms with Crippen LogP contribution in [0.15, 0.2) is 67.3 Å². The van der Waals surface area contributed by atoms with E-state index in [9.17, 15) is 9.90 Å². The highest BCUT2D eigenvalue weighted by molar-refractivity contribution is 5.91. The molecule has 2 aromatic heterocycles. The van der Waals surface area contributed by atoms with Crippen molar-refractivity contribution in [2.24, 2.45) is 0 Å². The van der Waals surface area contributed by atoms with Gasteiger partial charge in [-0.2, -0.15) is 0 Å². The van der Waals surface area contributed by atoms with Gasteiger partial charge in [0.15, 0.2) is 12.4 Å². The van der Waals surface area contributed by atoms with Crippen LogP contribution in [0.4, 0.5) is 0 Å². The first kappa shape index (κ1) is 17.9. The van der Waals surface area contributed by atoms with Crippen molar-refractivity contribution in [3.8, 4) is 11.5 Å². The SMILES string of the molecule is O=C(O)c1cccc(O)c1[O-].c1cc(CCc2cc[nH+]cc2)ccn1. The summed E-state index contributed by atoms with van der Waals surface area (Å²) in [6.07, 6.45) is 9.76. The number of hydrogen-bond donors (Lipinski definition) is 2. The summed E-state index contributed by atoms with van der Waals surface area (Å²) in [4.78, 5) is 17.3. The maximum Gasteiger partial charge on any atom is 0.335 e. The lowest BCUT2D eigenvalue weighted by Crippen LogP contribution is -2.03. The molecule has 0 atom stereocenters. The maximum atomic E-state index is 10.8. The minimum atomic E-state index is -1.33. The van der Waals surface area contributed by atoms with E-state index in [4.69, 9.17) is 10.2 Å². The lowest BCUT2D eigenvalue weighted by Gasteiger charge is -2.10. The van der Waals surface area contributed by atoms with E-state index in [1.54, 1.807) is 0 Å². The number of carboxylic acid groups (broad SMARTS) is 1. The molecule has 3 aromatic rings. The number of phenolic OH excluding ortho intramolecular Hbond substituents is 1. The summed E-state index contributed by atoms with van der Waals surface area (Å²) in [6, 6.07) is 12.0. The van der Waals surface area contributed by atoms with Crippen LogP contribution in [-0.4, -0.2) is 21.2 Å². The van der Waals surface area contributed by atoms with Crippen LogP contribution < -0.4 is 10.1 Å². The van der Waals surface area contributed by atoms with Gasteiger partial charge >= 0.3 is 5.97 Å². The number of H-pyrrole nitrogens is 1. The zero-order chi connectivity index (χ0) is 18.1. The summed E-state index contributed by atoms with van der Waals surface area (Å²) in [7, 11) is 0. The van der Waals surface area contributed by atoms with E-state index in [1.807, 2.05) is 24.8 Å². The number of carbonyl (C=O) groups is 1. The van der Waals surface area contributed by atoms with Gasteiger partial charge in [-0.15, -0.1) is 0 Å². The van der Waals surface area contributed by atoms with E-state index in [-0.39, 0.29) is 0 Å². The Kier molecular flexibility index (Phi) is 6.47. The van der Waals surface area contributed by atoms with E-state index in [2.05, 4.69) is 34.2 Å². The molecule has 1 aromatic carbocycles. The topological polar surface area (TPSA) is 108 Å². The first-order valence-corrected chi connectivity index (χ1v) is 7.64. The van der Waals surface area contributed by atoms with Crippen LogP contribution in [0.1, 0.15) is 21.5 Å². The van der Waals surface area contributed by atoms with Gasteiger partial charge in [-0.1, -0.05) is 11.8 Å². The first-order valence-electron chi connectivity index (χ1n) is 7.64. The third-order valence-electron chi connectivity index (χ3n) is 3.46. The van der Waals surface area contributed by atoms with Crippen LogP contribution in [-0.2, 0) is 12.8 Å². The molecule has 0 fully saturated rings. The number of aryl methyl sites for hydroxylation is 2. The van der Waals surface area contributed by atoms with Crippen LogP contribution in [0, 0.1) is 0 Å². The average molecular weight is 338 g/mol. The Balaban J connectivity index is 0.000000186. The number of carboxylic acids is 1. The fourth-order valence-electron chi connectivity index (χ4n) is 2.12. The lowest BCUT2D eigenvalue weighted by molar-refractivity contribution is -0.378. The molecular weight excluding hydrogens is 320 g/mol. The van der Waals surface area contributed by atoms with Crippen molar-refractivity contribution < 1.29 is 25.1 Å². The highest BCUT2D eigenvalue weighted by Gasteiger charge is 2.04. The van der Waals surface area contributed by atoms with E-state index in [0.717, 1.165) is 25.0 Å². The molecule has 0 unspecified atom stereocenters. The number of pyridine rings is 2. The molecule has 3 rings (SSSR count). The summed E-state index contributed by atoms with van der Waals surface area (Å²) < 4.78 is 0. The zero-order valence-corrected chi connectivity index (χ0v) is 13.4. The quantitative estimate of drug-likeness (QED) is 0.755. The molecular formula is C19H18N2O4. The van der Waals surface area contributed by atoms with Crippen LogP contribution >= 0.6 is 0 Å². The number of para-hydroxylation sites is 1. The largest absolute Gasteiger partial charge is 0.869 e. The molecule has 0 saturated carbocycles. The molecule has 2 heterocycles. The summed E-state index contributed by atoms with van der Waals surface area (Å²) in [5, 5.41) is 27.9. The third-order valence-corrected chi connectivity index (χ3v) is 3.46. The minimum Gasteiger partial charge on any atom is -0.869 e. The van der Waals surface area contributed by atoms with E-state index >= 15 is 0 Å². The Bertz CT molecular complexity index is 769. The molecule has 0 saturated heterocycles. The molecule has 25 heavy (non-hydrogen) atoms. The van der Waals surface area contributed by atoms with Gasteiger partial charge in [-0.3, -0.25) is 4.98 Å². The molecule has 6 nitrogen and oxygen atoms in total. The summed E-state index contributed by atoms with van der Waals surface area (Å²) in [5.41, 5.74) is 2.29. The van der Waals surface area contributed by atoms with Crippen molar-refractivity contribution in [2.75, 3.05) is 0 Å². The van der Waals surface area contributed by atoms with Gasteiger partial charge in [-0.25, -0.2) is 9.78 Å². The zero-order valence-electron chi connectivity index (χ0n) is 13.4. The highest BCUT2D eigenvalue weighted by Crippen LogP contribution is 2.24. The van der Waals surface area contributed by atoms with Crippen LogP contribution in [0.3, 0.4) is 0 Å². The Hall–Kier alpha value is -3.41. The fraction of sp³-hybridized carbons (Fsp3) is 0.105. The number of aromatic nitrogens is 2. The van der Waals surface area contributed by atoms with Gasteiger partial charge in [0.2, 0.25) is 0 Å². The van der Waals surface area contributed by atoms with Crippen molar-refractivity contribution >= 4 is 5.97 Å². The standard InChI is InChI=1S/C12H12N2.C7H6O4/c1(11-3-7-13-8-4-11)2-12-5-9-14-10-6-12;8-5-3-1-2-4(6(5)9)7(10)11/h3-10H,1-2H2;1-3,8-9H,(H,10,11). The molecule has 0 amide bonds. The Morgan fingerprint density at radius 2 is 1.60 bits per heavy atom. The minimum absolute atomic E-state index is 0.412. The third kappa shape index (κ3) is 5.62. The number of benzene rings is 1. The normalized spacial score (nSPS) is 9.76. The summed E-state index contributed by atoms with van der Waals surface area (Å²) in [6.45, 7) is 0. The number of aromatic carboxylic acids is 1. The predicted molar refractivity (Wildman–Crippen MR) is 89.2 cm³/mol. The molecule has 0 radical (unpaired) electrons. The van der Waals surface area contributed by atoms with Crippen molar-refractivity contribution in [1.29, 1.82) is 0 Å². The first-order chi connectivity index (χ1) is 12.1.